The second-order valence-corrected chi connectivity index (χ2v) is 9.44. The second kappa shape index (κ2) is 6.41. The van der Waals surface area contributed by atoms with E-state index in [1.165, 1.54) is 0 Å². The van der Waals surface area contributed by atoms with E-state index in [1.54, 1.807) is 48.5 Å². The summed E-state index contributed by atoms with van der Waals surface area (Å²) in [6, 6.07) is 13.2. The van der Waals surface area contributed by atoms with E-state index in [9.17, 15) is 18.0 Å². The average Bonchev–Trinajstić information content (AvgIpc) is 2.80. The summed E-state index contributed by atoms with van der Waals surface area (Å²) in [5.41, 5.74) is 1.72. The lowest BCUT2D eigenvalue weighted by molar-refractivity contribution is 0.0664. The number of rotatable bonds is 5. The van der Waals surface area contributed by atoms with Gasteiger partial charge in [-0.05, 0) is 42.0 Å². The molecule has 5 nitrogen and oxygen atoms in total. The molecule has 0 saturated carbocycles. The molecule has 0 N–H and O–H groups in total. The van der Waals surface area contributed by atoms with Crippen LogP contribution in [0.25, 0.3) is 0 Å². The topological polar surface area (TPSA) is 71.5 Å². The maximum Gasteiger partial charge on any atom is 0.261 e. The van der Waals surface area contributed by atoms with Crippen molar-refractivity contribution in [2.45, 2.75) is 11.8 Å². The van der Waals surface area contributed by atoms with Gasteiger partial charge in [-0.3, -0.25) is 14.5 Å². The average molecular weight is 361 g/mol. The summed E-state index contributed by atoms with van der Waals surface area (Å²) in [7, 11) is -2.77. The monoisotopic (exact) mass is 361 g/mol. The van der Waals surface area contributed by atoms with Gasteiger partial charge in [0.15, 0.2) is 0 Å². The van der Waals surface area contributed by atoms with Crippen LogP contribution in [0, 0.1) is 6.92 Å². The Kier molecular flexibility index (Phi) is 4.47. The molecule has 1 aliphatic rings. The van der Waals surface area contributed by atoms with Crippen LogP contribution in [-0.4, -0.2) is 37.4 Å². The molecule has 2 aromatic carbocycles. The highest BCUT2D eigenvalue weighted by Crippen LogP contribution is 2.26. The second-order valence-electron chi connectivity index (χ2n) is 5.40. The molecule has 124 valence electrons. The quantitative estimate of drug-likeness (QED) is 0.605. The number of amides is 2. The van der Waals surface area contributed by atoms with E-state index in [1.807, 2.05) is 6.92 Å². The van der Waals surface area contributed by atoms with Crippen LogP contribution < -0.4 is 0 Å². The summed E-state index contributed by atoms with van der Waals surface area (Å²) < 4.78 is 24.5. The Hall–Kier alpha value is -2.12. The molecule has 2 aromatic rings. The summed E-state index contributed by atoms with van der Waals surface area (Å²) in [6.07, 6.45) is 0. The summed E-state index contributed by atoms with van der Waals surface area (Å²) >= 11 is 0. The summed E-state index contributed by atoms with van der Waals surface area (Å²) in [5, 5.41) is 0. The van der Waals surface area contributed by atoms with Gasteiger partial charge < -0.3 is 0 Å². The van der Waals surface area contributed by atoms with E-state index in [4.69, 9.17) is 0 Å². The van der Waals surface area contributed by atoms with Crippen molar-refractivity contribution < 1.29 is 18.0 Å². The minimum atomic E-state index is -3.50. The molecule has 0 unspecified atom stereocenters. The number of carbonyl (C=O) groups excluding carboxylic acids is 2. The summed E-state index contributed by atoms with van der Waals surface area (Å²) in [6.45, 7) is 1.94. The molecule has 24 heavy (non-hydrogen) atoms. The molecular formula is C17H15NO4S2. The van der Waals surface area contributed by atoms with E-state index in [0.717, 1.165) is 21.3 Å². The minimum absolute atomic E-state index is 0.0576. The normalized spacial score (nSPS) is 14.1. The molecule has 1 heterocycles. The van der Waals surface area contributed by atoms with Crippen LogP contribution in [0.1, 0.15) is 26.3 Å². The third-order valence-corrected chi connectivity index (χ3v) is 7.26. The van der Waals surface area contributed by atoms with Crippen molar-refractivity contribution >= 4 is 31.5 Å². The van der Waals surface area contributed by atoms with Gasteiger partial charge in [-0.25, -0.2) is 8.42 Å². The summed E-state index contributed by atoms with van der Waals surface area (Å²) in [5.74, 6) is -0.616. The predicted molar refractivity (Wildman–Crippen MR) is 92.6 cm³/mol. The van der Waals surface area contributed by atoms with Gasteiger partial charge in [0.25, 0.3) is 11.8 Å². The van der Waals surface area contributed by atoms with Gasteiger partial charge in [0, 0.05) is 12.3 Å². The van der Waals surface area contributed by atoms with Gasteiger partial charge in [0.2, 0.25) is 8.87 Å². The Morgan fingerprint density at radius 2 is 1.46 bits per heavy atom. The van der Waals surface area contributed by atoms with Crippen LogP contribution in [0.3, 0.4) is 0 Å². The minimum Gasteiger partial charge on any atom is -0.273 e. The first-order chi connectivity index (χ1) is 11.4. The Bertz CT molecular complexity index is 869. The zero-order valence-electron chi connectivity index (χ0n) is 12.9. The smallest absolute Gasteiger partial charge is 0.261 e. The SMILES string of the molecule is Cc1ccc(S(=O)(=O)SCCN2C(=O)c3ccccc3C2=O)cc1. The highest BCUT2D eigenvalue weighted by atomic mass is 33.1. The van der Waals surface area contributed by atoms with Gasteiger partial charge in [-0.15, -0.1) is 0 Å². The molecule has 0 saturated heterocycles. The van der Waals surface area contributed by atoms with Gasteiger partial charge in [0.1, 0.15) is 0 Å². The lowest BCUT2D eigenvalue weighted by Gasteiger charge is -2.13. The number of hydrogen-bond acceptors (Lipinski definition) is 5. The van der Waals surface area contributed by atoms with Gasteiger partial charge in [0.05, 0.1) is 16.0 Å². The van der Waals surface area contributed by atoms with Crippen LogP contribution in [0.15, 0.2) is 53.4 Å². The van der Waals surface area contributed by atoms with E-state index in [0.29, 0.717) is 11.1 Å². The number of imide groups is 1. The van der Waals surface area contributed by atoms with Crippen molar-refractivity contribution in [1.29, 1.82) is 0 Å². The predicted octanol–water partition coefficient (Wildman–Crippen LogP) is 2.71. The molecule has 0 atom stereocenters. The van der Waals surface area contributed by atoms with Crippen LogP contribution in [0.4, 0.5) is 0 Å². The number of nitrogens with zero attached hydrogens (tertiary/aromatic N) is 1. The molecule has 0 fully saturated rings. The van der Waals surface area contributed by atoms with Crippen LogP contribution in [0.2, 0.25) is 0 Å². The third kappa shape index (κ3) is 3.09. The van der Waals surface area contributed by atoms with E-state index >= 15 is 0 Å². The molecule has 0 spiro atoms. The number of benzene rings is 2. The molecule has 0 bridgehead atoms. The standard InChI is InChI=1S/C17H15NO4S2/c1-12-6-8-13(9-7-12)24(21,22)23-11-10-18-16(19)14-4-2-3-5-15(14)17(18)20/h2-9H,10-11H2,1H3. The zero-order chi connectivity index (χ0) is 17.3. The van der Waals surface area contributed by atoms with Crippen molar-refractivity contribution in [2.75, 3.05) is 12.3 Å². The number of hydrogen-bond donors (Lipinski definition) is 0. The van der Waals surface area contributed by atoms with Crippen LogP contribution in [0.5, 0.6) is 0 Å². The zero-order valence-corrected chi connectivity index (χ0v) is 14.6. The van der Waals surface area contributed by atoms with Crippen molar-refractivity contribution in [3.8, 4) is 0 Å². The van der Waals surface area contributed by atoms with Gasteiger partial charge in [-0.1, -0.05) is 29.8 Å². The molecule has 0 aliphatic carbocycles. The third-order valence-electron chi connectivity index (χ3n) is 3.74. The van der Waals surface area contributed by atoms with E-state index in [2.05, 4.69) is 0 Å². The maximum absolute atomic E-state index is 12.3. The number of fused-ring (bicyclic) bond motifs is 1. The van der Waals surface area contributed by atoms with Crippen LogP contribution >= 0.6 is 10.8 Å². The van der Waals surface area contributed by atoms with Crippen LogP contribution in [-0.2, 0) is 8.87 Å². The number of carbonyl (C=O) groups is 2. The van der Waals surface area contributed by atoms with Crippen molar-refractivity contribution in [3.05, 3.63) is 65.2 Å². The molecule has 0 aromatic heterocycles. The molecule has 2 amide bonds. The van der Waals surface area contributed by atoms with Crippen molar-refractivity contribution in [3.63, 3.8) is 0 Å². The lowest BCUT2D eigenvalue weighted by Crippen LogP contribution is -2.32. The largest absolute Gasteiger partial charge is 0.273 e. The Labute approximate surface area is 144 Å². The van der Waals surface area contributed by atoms with Gasteiger partial charge in [-0.2, -0.15) is 0 Å². The fourth-order valence-electron chi connectivity index (χ4n) is 2.45. The molecule has 7 heteroatoms. The molecule has 1 aliphatic heterocycles. The first-order valence-electron chi connectivity index (χ1n) is 7.31. The fourth-order valence-corrected chi connectivity index (χ4v) is 5.16. The Balaban J connectivity index is 1.66. The fraction of sp³-hybridized carbons (Fsp3) is 0.176. The molecule has 3 rings (SSSR count). The van der Waals surface area contributed by atoms with Crippen molar-refractivity contribution in [1.82, 2.24) is 4.90 Å². The van der Waals surface area contributed by atoms with E-state index < -0.39 is 8.87 Å². The van der Waals surface area contributed by atoms with Gasteiger partial charge >= 0.3 is 0 Å². The first-order valence-corrected chi connectivity index (χ1v) is 10.3. The Morgan fingerprint density at radius 3 is 2.00 bits per heavy atom. The number of aryl methyl sites for hydroxylation is 1. The first kappa shape index (κ1) is 16.7. The highest BCUT2D eigenvalue weighted by Gasteiger charge is 2.34. The molecular weight excluding hydrogens is 346 g/mol. The molecule has 0 radical (unpaired) electrons. The van der Waals surface area contributed by atoms with E-state index in [-0.39, 0.29) is 29.0 Å². The lowest BCUT2D eigenvalue weighted by atomic mass is 10.1. The summed E-state index contributed by atoms with van der Waals surface area (Å²) in [4.78, 5) is 25.8. The highest BCUT2D eigenvalue weighted by molar-refractivity contribution is 8.72. The maximum atomic E-state index is 12.3. The van der Waals surface area contributed by atoms with Crippen molar-refractivity contribution in [2.24, 2.45) is 0 Å². The Morgan fingerprint density at radius 1 is 0.917 bits per heavy atom.